The third kappa shape index (κ3) is 3.44. The van der Waals surface area contributed by atoms with Crippen molar-refractivity contribution >= 4 is 15.7 Å². The number of carbonyl (C=O) groups is 1. The highest BCUT2D eigenvalue weighted by Gasteiger charge is 2.26. The minimum Gasteiger partial charge on any atom is -0.338 e. The molecule has 1 aromatic heterocycles. The van der Waals surface area contributed by atoms with Gasteiger partial charge < -0.3 is 4.90 Å². The molecule has 6 nitrogen and oxygen atoms in total. The van der Waals surface area contributed by atoms with Crippen LogP contribution in [-0.2, 0) is 9.84 Å². The minimum absolute atomic E-state index is 0.0609. The maximum Gasteiger partial charge on any atom is 0.253 e. The Hall–Kier alpha value is -2.15. The van der Waals surface area contributed by atoms with Crippen molar-refractivity contribution in [3.8, 4) is 0 Å². The zero-order valence-corrected chi connectivity index (χ0v) is 13.7. The highest BCUT2D eigenvalue weighted by atomic mass is 32.2. The van der Waals surface area contributed by atoms with E-state index in [1.54, 1.807) is 18.3 Å². The van der Waals surface area contributed by atoms with E-state index in [0.717, 1.165) is 31.3 Å². The number of piperidine rings is 1. The van der Waals surface area contributed by atoms with Crippen LogP contribution >= 0.6 is 0 Å². The monoisotopic (exact) mass is 333 g/mol. The number of hydrogen-bond donors (Lipinski definition) is 1. The molecule has 1 aromatic carbocycles. The maximum atomic E-state index is 12.6. The second kappa shape index (κ2) is 6.16. The first-order valence-corrected chi connectivity index (χ1v) is 9.43. The average Bonchev–Trinajstić information content (AvgIpc) is 3.08. The lowest BCUT2D eigenvalue weighted by Gasteiger charge is -2.32. The zero-order chi connectivity index (χ0) is 16.4. The van der Waals surface area contributed by atoms with E-state index in [9.17, 15) is 13.2 Å². The Morgan fingerprint density at radius 1 is 1.26 bits per heavy atom. The zero-order valence-electron chi connectivity index (χ0n) is 12.9. The topological polar surface area (TPSA) is 83.1 Å². The van der Waals surface area contributed by atoms with E-state index in [-0.39, 0.29) is 16.7 Å². The second-order valence-electron chi connectivity index (χ2n) is 5.90. The molecule has 1 saturated heterocycles. The van der Waals surface area contributed by atoms with Gasteiger partial charge in [-0.15, -0.1) is 0 Å². The number of aromatic amines is 1. The van der Waals surface area contributed by atoms with Crippen molar-refractivity contribution in [1.29, 1.82) is 0 Å². The van der Waals surface area contributed by atoms with Crippen LogP contribution in [0.4, 0.5) is 0 Å². The quantitative estimate of drug-likeness (QED) is 0.929. The molecule has 2 heterocycles. The van der Waals surface area contributed by atoms with Crippen molar-refractivity contribution in [2.45, 2.75) is 23.7 Å². The first-order chi connectivity index (χ1) is 10.9. The second-order valence-corrected chi connectivity index (χ2v) is 7.91. The first kappa shape index (κ1) is 15.7. The fourth-order valence-electron chi connectivity index (χ4n) is 2.94. The molecule has 7 heteroatoms. The van der Waals surface area contributed by atoms with E-state index in [4.69, 9.17) is 0 Å². The van der Waals surface area contributed by atoms with Crippen LogP contribution in [0, 0.1) is 0 Å². The van der Waals surface area contributed by atoms with Crippen LogP contribution in [0.25, 0.3) is 0 Å². The lowest BCUT2D eigenvalue weighted by molar-refractivity contribution is 0.0705. The summed E-state index contributed by atoms with van der Waals surface area (Å²) in [5, 5.41) is 6.95. The van der Waals surface area contributed by atoms with Crippen molar-refractivity contribution in [2.75, 3.05) is 19.3 Å². The maximum absolute atomic E-state index is 12.6. The van der Waals surface area contributed by atoms with E-state index in [1.807, 2.05) is 11.0 Å². The van der Waals surface area contributed by atoms with Crippen molar-refractivity contribution < 1.29 is 13.2 Å². The summed E-state index contributed by atoms with van der Waals surface area (Å²) >= 11 is 0. The number of sulfone groups is 1. The molecule has 23 heavy (non-hydrogen) atoms. The Balaban J connectivity index is 1.75. The predicted octanol–water partition coefficient (Wildman–Crippen LogP) is 1.83. The molecule has 2 aromatic rings. The number of amides is 1. The first-order valence-electron chi connectivity index (χ1n) is 7.54. The summed E-state index contributed by atoms with van der Waals surface area (Å²) in [5.74, 6) is 0.208. The van der Waals surface area contributed by atoms with Crippen LogP contribution in [0.1, 0.15) is 34.8 Å². The van der Waals surface area contributed by atoms with Crippen LogP contribution in [0.15, 0.2) is 41.4 Å². The van der Waals surface area contributed by atoms with E-state index in [0.29, 0.717) is 12.1 Å². The molecule has 122 valence electrons. The van der Waals surface area contributed by atoms with Gasteiger partial charge in [-0.3, -0.25) is 9.89 Å². The number of likely N-dealkylation sites (tertiary alicyclic amines) is 1. The van der Waals surface area contributed by atoms with Gasteiger partial charge in [0.2, 0.25) is 0 Å². The Labute approximate surface area is 135 Å². The standard InChI is InChI=1S/C16H19N3O3S/c1-23(21,22)14-6-4-12(5-7-14)16(20)19-10-2-3-13(11-19)15-8-9-17-18-15/h4-9,13H,2-3,10-11H2,1H3,(H,17,18). The van der Waals surface area contributed by atoms with E-state index < -0.39 is 9.84 Å². The molecule has 0 aliphatic carbocycles. The van der Waals surface area contributed by atoms with Gasteiger partial charge in [0.1, 0.15) is 0 Å². The van der Waals surface area contributed by atoms with Gasteiger partial charge in [-0.2, -0.15) is 5.10 Å². The molecule has 0 radical (unpaired) electrons. The largest absolute Gasteiger partial charge is 0.338 e. The van der Waals surface area contributed by atoms with Gasteiger partial charge in [0.25, 0.3) is 5.91 Å². The normalized spacial score (nSPS) is 18.8. The molecule has 3 rings (SSSR count). The Kier molecular flexibility index (Phi) is 4.21. The lowest BCUT2D eigenvalue weighted by atomic mass is 9.94. The minimum atomic E-state index is -3.24. The molecule has 1 N–H and O–H groups in total. The number of H-pyrrole nitrogens is 1. The van der Waals surface area contributed by atoms with Crippen LogP contribution in [0.3, 0.4) is 0 Å². The summed E-state index contributed by atoms with van der Waals surface area (Å²) in [6.45, 7) is 1.37. The highest BCUT2D eigenvalue weighted by molar-refractivity contribution is 7.90. The van der Waals surface area contributed by atoms with Gasteiger partial charge in [-0.05, 0) is 43.2 Å². The third-order valence-electron chi connectivity index (χ3n) is 4.20. The van der Waals surface area contributed by atoms with Crippen LogP contribution in [-0.4, -0.2) is 48.8 Å². The van der Waals surface area contributed by atoms with Crippen molar-refractivity contribution in [3.05, 3.63) is 47.8 Å². The average molecular weight is 333 g/mol. The molecule has 0 saturated carbocycles. The molecule has 1 fully saturated rings. The summed E-state index contributed by atoms with van der Waals surface area (Å²) in [4.78, 5) is 14.7. The van der Waals surface area contributed by atoms with E-state index in [1.165, 1.54) is 12.1 Å². The third-order valence-corrected chi connectivity index (χ3v) is 5.33. The molecule has 1 aliphatic rings. The summed E-state index contributed by atoms with van der Waals surface area (Å²) in [7, 11) is -3.24. The number of nitrogens with one attached hydrogen (secondary N) is 1. The molecular weight excluding hydrogens is 314 g/mol. The summed E-state index contributed by atoms with van der Waals surface area (Å²) in [5.41, 5.74) is 1.57. The van der Waals surface area contributed by atoms with Crippen LogP contribution < -0.4 is 0 Å². The molecule has 1 unspecified atom stereocenters. The van der Waals surface area contributed by atoms with Gasteiger partial charge >= 0.3 is 0 Å². The van der Waals surface area contributed by atoms with Crippen molar-refractivity contribution in [1.82, 2.24) is 15.1 Å². The van der Waals surface area contributed by atoms with E-state index in [2.05, 4.69) is 10.2 Å². The number of hydrogen-bond acceptors (Lipinski definition) is 4. The molecule has 1 amide bonds. The molecule has 1 aliphatic heterocycles. The van der Waals surface area contributed by atoms with Gasteiger partial charge in [0, 0.05) is 42.7 Å². The fourth-order valence-corrected chi connectivity index (χ4v) is 3.57. The van der Waals surface area contributed by atoms with Gasteiger partial charge in [0.15, 0.2) is 9.84 Å². The fraction of sp³-hybridized carbons (Fsp3) is 0.375. The Morgan fingerprint density at radius 2 is 2.00 bits per heavy atom. The SMILES string of the molecule is CS(=O)(=O)c1ccc(C(=O)N2CCCC(c3ccn[nH]3)C2)cc1. The molecule has 0 spiro atoms. The highest BCUT2D eigenvalue weighted by Crippen LogP contribution is 2.26. The van der Waals surface area contributed by atoms with Crippen molar-refractivity contribution in [3.63, 3.8) is 0 Å². The molecule has 0 bridgehead atoms. The summed E-state index contributed by atoms with van der Waals surface area (Å²) in [6, 6.07) is 8.08. The number of nitrogens with zero attached hydrogens (tertiary/aromatic N) is 2. The number of rotatable bonds is 3. The lowest BCUT2D eigenvalue weighted by Crippen LogP contribution is -2.39. The predicted molar refractivity (Wildman–Crippen MR) is 86.0 cm³/mol. The number of carbonyl (C=O) groups excluding carboxylic acids is 1. The Morgan fingerprint density at radius 3 is 2.61 bits per heavy atom. The van der Waals surface area contributed by atoms with Crippen LogP contribution in [0.2, 0.25) is 0 Å². The van der Waals surface area contributed by atoms with Gasteiger partial charge in [0.05, 0.1) is 4.90 Å². The molecular formula is C16H19N3O3S. The van der Waals surface area contributed by atoms with Crippen molar-refractivity contribution in [2.24, 2.45) is 0 Å². The smallest absolute Gasteiger partial charge is 0.253 e. The molecule has 1 atom stereocenters. The van der Waals surface area contributed by atoms with Gasteiger partial charge in [-0.1, -0.05) is 0 Å². The Bertz CT molecular complexity index is 782. The van der Waals surface area contributed by atoms with Crippen LogP contribution in [0.5, 0.6) is 0 Å². The number of benzene rings is 1. The number of aromatic nitrogens is 2. The summed E-state index contributed by atoms with van der Waals surface area (Å²) in [6.07, 6.45) is 4.85. The van der Waals surface area contributed by atoms with Gasteiger partial charge in [-0.25, -0.2) is 8.42 Å². The summed E-state index contributed by atoms with van der Waals surface area (Å²) < 4.78 is 23.0. The van der Waals surface area contributed by atoms with E-state index >= 15 is 0 Å².